The van der Waals surface area contributed by atoms with Gasteiger partial charge in [-0.15, -0.1) is 0 Å². The molecule has 0 spiro atoms. The molecule has 1 aliphatic rings. The summed E-state index contributed by atoms with van der Waals surface area (Å²) in [5.41, 5.74) is 0.529. The molecule has 0 radical (unpaired) electrons. The van der Waals surface area contributed by atoms with Gasteiger partial charge in [0, 0.05) is 0 Å². The van der Waals surface area contributed by atoms with Crippen molar-refractivity contribution in [3.05, 3.63) is 47.2 Å². The minimum absolute atomic E-state index is 0.0808. The summed E-state index contributed by atoms with van der Waals surface area (Å²) in [5, 5.41) is 4.83. The van der Waals surface area contributed by atoms with Gasteiger partial charge in [0.15, 0.2) is 0 Å². The van der Waals surface area contributed by atoms with Gasteiger partial charge in [-0.1, -0.05) is 11.6 Å². The van der Waals surface area contributed by atoms with Crippen molar-refractivity contribution in [3.63, 3.8) is 0 Å². The number of fused-ring (bicyclic) bond motifs is 1. The number of anilines is 3. The average Bonchev–Trinajstić information content (AvgIpc) is 2.68. The quantitative estimate of drug-likeness (QED) is 0.692. The maximum atomic E-state index is 13.2. The van der Waals surface area contributed by atoms with Crippen LogP contribution in [0.5, 0.6) is 0 Å². The van der Waals surface area contributed by atoms with Crippen molar-refractivity contribution >= 4 is 50.5 Å². The molecule has 1 unspecified atom stereocenters. The summed E-state index contributed by atoms with van der Waals surface area (Å²) in [6, 6.07) is 7.27. The van der Waals surface area contributed by atoms with Crippen LogP contribution in [0, 0.1) is 11.7 Å². The van der Waals surface area contributed by atoms with Crippen LogP contribution in [0.2, 0.25) is 5.02 Å². The molecule has 2 amide bonds. The van der Waals surface area contributed by atoms with Gasteiger partial charge < -0.3 is 10.6 Å². The topological polar surface area (TPSA) is 104 Å². The van der Waals surface area contributed by atoms with Gasteiger partial charge in [0.1, 0.15) is 11.7 Å². The van der Waals surface area contributed by atoms with E-state index in [1.165, 1.54) is 31.2 Å². The van der Waals surface area contributed by atoms with Gasteiger partial charge in [-0.05, 0) is 43.3 Å². The van der Waals surface area contributed by atoms with Gasteiger partial charge in [-0.25, -0.2) is 12.8 Å². The molecule has 26 heavy (non-hydrogen) atoms. The number of rotatable bonds is 3. The van der Waals surface area contributed by atoms with Crippen LogP contribution in [0.4, 0.5) is 21.5 Å². The lowest BCUT2D eigenvalue weighted by Crippen LogP contribution is -2.28. The predicted octanol–water partition coefficient (Wildman–Crippen LogP) is 2.81. The molecule has 7 nitrogen and oxygen atoms in total. The largest absolute Gasteiger partial charge is 0.324 e. The Kier molecular flexibility index (Phi) is 4.59. The van der Waals surface area contributed by atoms with Gasteiger partial charge in [0.2, 0.25) is 11.8 Å². The molecular formula is C16H13ClFN3O4S. The fourth-order valence-corrected chi connectivity index (χ4v) is 3.53. The molecule has 3 rings (SSSR count). The lowest BCUT2D eigenvalue weighted by Gasteiger charge is -2.12. The number of carbonyl (C=O) groups excluding carboxylic acids is 2. The number of hydrogen-bond acceptors (Lipinski definition) is 4. The van der Waals surface area contributed by atoms with E-state index in [0.29, 0.717) is 0 Å². The Labute approximate surface area is 153 Å². The number of carbonyl (C=O) groups is 2. The average molecular weight is 398 g/mol. The van der Waals surface area contributed by atoms with Crippen LogP contribution in [0.3, 0.4) is 0 Å². The normalized spacial score (nSPS) is 17.0. The second kappa shape index (κ2) is 6.58. The van der Waals surface area contributed by atoms with E-state index in [-0.39, 0.29) is 27.0 Å². The van der Waals surface area contributed by atoms with Gasteiger partial charge in [0.25, 0.3) is 10.0 Å². The molecule has 1 heterocycles. The molecule has 0 bridgehead atoms. The molecule has 2 aromatic carbocycles. The maximum Gasteiger partial charge on any atom is 0.261 e. The van der Waals surface area contributed by atoms with Crippen LogP contribution >= 0.6 is 11.6 Å². The van der Waals surface area contributed by atoms with Crippen molar-refractivity contribution in [1.82, 2.24) is 0 Å². The number of benzene rings is 2. The zero-order valence-corrected chi connectivity index (χ0v) is 14.9. The summed E-state index contributed by atoms with van der Waals surface area (Å²) < 4.78 is 40.5. The highest BCUT2D eigenvalue weighted by Gasteiger charge is 2.28. The fraction of sp³-hybridized carbons (Fsp3) is 0.125. The summed E-state index contributed by atoms with van der Waals surface area (Å²) in [7, 11) is -4.03. The van der Waals surface area contributed by atoms with Gasteiger partial charge in [-0.3, -0.25) is 14.3 Å². The second-order valence-corrected chi connectivity index (χ2v) is 7.73. The minimum atomic E-state index is -4.03. The third-order valence-electron chi connectivity index (χ3n) is 3.78. The molecule has 10 heteroatoms. The highest BCUT2D eigenvalue weighted by atomic mass is 35.5. The maximum absolute atomic E-state index is 13.2. The van der Waals surface area contributed by atoms with E-state index in [0.717, 1.165) is 12.1 Å². The lowest BCUT2D eigenvalue weighted by molar-refractivity contribution is -0.128. The fourth-order valence-electron chi connectivity index (χ4n) is 2.28. The van der Waals surface area contributed by atoms with Crippen molar-refractivity contribution in [2.24, 2.45) is 5.92 Å². The van der Waals surface area contributed by atoms with E-state index >= 15 is 0 Å². The monoisotopic (exact) mass is 397 g/mol. The molecule has 2 aromatic rings. The smallest absolute Gasteiger partial charge is 0.261 e. The number of nitrogens with one attached hydrogen (secondary N) is 3. The summed E-state index contributed by atoms with van der Waals surface area (Å²) in [6.07, 6.45) is 0. The lowest BCUT2D eigenvalue weighted by atomic mass is 10.1. The van der Waals surface area contributed by atoms with Crippen LogP contribution in [0.25, 0.3) is 0 Å². The molecule has 0 fully saturated rings. The van der Waals surface area contributed by atoms with Gasteiger partial charge in [-0.2, -0.15) is 0 Å². The first-order chi connectivity index (χ1) is 12.2. The Hall–Kier alpha value is -2.65. The Morgan fingerprint density at radius 2 is 1.69 bits per heavy atom. The van der Waals surface area contributed by atoms with E-state index in [9.17, 15) is 22.4 Å². The molecular weight excluding hydrogens is 385 g/mol. The first kappa shape index (κ1) is 18.2. The zero-order chi connectivity index (χ0) is 19.1. The summed E-state index contributed by atoms with van der Waals surface area (Å²) in [5.74, 6) is -2.63. The van der Waals surface area contributed by atoms with Crippen molar-refractivity contribution in [2.75, 3.05) is 15.4 Å². The Morgan fingerprint density at radius 3 is 2.35 bits per heavy atom. The van der Waals surface area contributed by atoms with E-state index in [1.807, 2.05) is 0 Å². The van der Waals surface area contributed by atoms with E-state index in [2.05, 4.69) is 15.4 Å². The summed E-state index contributed by atoms with van der Waals surface area (Å²) in [4.78, 5) is 23.6. The number of hydrogen-bond donors (Lipinski definition) is 3. The van der Waals surface area contributed by atoms with Gasteiger partial charge >= 0.3 is 0 Å². The van der Waals surface area contributed by atoms with Crippen LogP contribution in [-0.2, 0) is 19.6 Å². The molecule has 3 N–H and O–H groups in total. The van der Waals surface area contributed by atoms with Gasteiger partial charge in [0.05, 0.1) is 27.0 Å². The standard InChI is InChI=1S/C16H13ClFN3O4S/c1-8-15(22)19-13-5-3-10(7-14(13)20-16(8)23)26(24,25)21-9-2-4-12(18)11(17)6-9/h2-8,21H,1H3,(H,19,22)(H,20,23). The van der Waals surface area contributed by atoms with E-state index in [1.54, 1.807) is 0 Å². The molecule has 0 aliphatic carbocycles. The third-order valence-corrected chi connectivity index (χ3v) is 5.44. The Bertz CT molecular complexity index is 1030. The highest BCUT2D eigenvalue weighted by Crippen LogP contribution is 2.30. The Morgan fingerprint density at radius 1 is 1.04 bits per heavy atom. The molecule has 0 aromatic heterocycles. The molecule has 0 saturated heterocycles. The SMILES string of the molecule is CC1C(=O)Nc2ccc(S(=O)(=O)Nc3ccc(F)c(Cl)c3)cc2NC1=O. The van der Waals surface area contributed by atoms with Crippen molar-refractivity contribution in [3.8, 4) is 0 Å². The number of amides is 2. The first-order valence-corrected chi connectivity index (χ1v) is 9.27. The van der Waals surface area contributed by atoms with E-state index in [4.69, 9.17) is 11.6 Å². The zero-order valence-electron chi connectivity index (χ0n) is 13.3. The van der Waals surface area contributed by atoms with Crippen molar-refractivity contribution < 1.29 is 22.4 Å². The van der Waals surface area contributed by atoms with Crippen LogP contribution < -0.4 is 15.4 Å². The molecule has 0 saturated carbocycles. The number of sulfonamides is 1. The molecule has 1 atom stereocenters. The second-order valence-electron chi connectivity index (χ2n) is 5.64. The molecule has 1 aliphatic heterocycles. The summed E-state index contributed by atoms with van der Waals surface area (Å²) in [6.45, 7) is 1.44. The minimum Gasteiger partial charge on any atom is -0.324 e. The van der Waals surface area contributed by atoms with Crippen LogP contribution in [0.1, 0.15) is 6.92 Å². The third kappa shape index (κ3) is 3.49. The van der Waals surface area contributed by atoms with Crippen molar-refractivity contribution in [2.45, 2.75) is 11.8 Å². The molecule has 136 valence electrons. The Balaban J connectivity index is 1.94. The van der Waals surface area contributed by atoms with E-state index < -0.39 is 33.6 Å². The van der Waals surface area contributed by atoms with Crippen LogP contribution in [0.15, 0.2) is 41.3 Å². The summed E-state index contributed by atoms with van der Waals surface area (Å²) >= 11 is 5.65. The number of halogens is 2. The highest BCUT2D eigenvalue weighted by molar-refractivity contribution is 7.92. The first-order valence-electron chi connectivity index (χ1n) is 7.41. The van der Waals surface area contributed by atoms with Crippen LogP contribution in [-0.4, -0.2) is 20.2 Å². The van der Waals surface area contributed by atoms with Crippen molar-refractivity contribution in [1.29, 1.82) is 0 Å². The predicted molar refractivity (Wildman–Crippen MR) is 95.1 cm³/mol.